The average Bonchev–Trinajstić information content (AvgIpc) is 2.37. The van der Waals surface area contributed by atoms with Gasteiger partial charge in [0.2, 0.25) is 5.91 Å². The highest BCUT2D eigenvalue weighted by Gasteiger charge is 2.40. The Balaban J connectivity index is 1.97. The standard InChI is InChI=1S/C14H18N2O2/c1-2-16-12-8-10-6-4-3-5-9(10)7-11(12)13(17)15-14(16)18/h7-8,11-12H,2-6H2,1H3,(H,15,17,18)/t11-,12+/m1/s1. The van der Waals surface area contributed by atoms with E-state index in [1.807, 2.05) is 6.92 Å². The van der Waals surface area contributed by atoms with E-state index in [-0.39, 0.29) is 23.9 Å². The highest BCUT2D eigenvalue weighted by atomic mass is 16.2. The minimum Gasteiger partial charge on any atom is -0.317 e. The molecule has 2 fully saturated rings. The summed E-state index contributed by atoms with van der Waals surface area (Å²) in [5.74, 6) is -0.345. The summed E-state index contributed by atoms with van der Waals surface area (Å²) in [6.07, 6.45) is 8.82. The molecule has 3 amide bonds. The van der Waals surface area contributed by atoms with Gasteiger partial charge in [-0.3, -0.25) is 10.1 Å². The van der Waals surface area contributed by atoms with Crippen molar-refractivity contribution < 1.29 is 9.59 Å². The van der Waals surface area contributed by atoms with Gasteiger partial charge in [-0.05, 0) is 43.8 Å². The molecule has 18 heavy (non-hydrogen) atoms. The van der Waals surface area contributed by atoms with Crippen molar-refractivity contribution in [2.45, 2.75) is 38.6 Å². The van der Waals surface area contributed by atoms with Crippen LogP contribution >= 0.6 is 0 Å². The fourth-order valence-corrected chi connectivity index (χ4v) is 3.22. The lowest BCUT2D eigenvalue weighted by Gasteiger charge is -2.40. The van der Waals surface area contributed by atoms with E-state index in [1.54, 1.807) is 4.90 Å². The van der Waals surface area contributed by atoms with Crippen LogP contribution in [-0.4, -0.2) is 29.4 Å². The minimum absolute atomic E-state index is 0.0758. The number of carbonyl (C=O) groups excluding carboxylic acids is 2. The van der Waals surface area contributed by atoms with E-state index in [1.165, 1.54) is 24.0 Å². The van der Waals surface area contributed by atoms with Crippen molar-refractivity contribution in [1.82, 2.24) is 10.2 Å². The normalized spacial score (nSPS) is 31.1. The molecule has 1 saturated carbocycles. The Morgan fingerprint density at radius 1 is 1.22 bits per heavy atom. The second-order valence-electron chi connectivity index (χ2n) is 5.19. The number of urea groups is 1. The van der Waals surface area contributed by atoms with Crippen LogP contribution in [0.25, 0.3) is 0 Å². The largest absolute Gasteiger partial charge is 0.324 e. The molecule has 4 nitrogen and oxygen atoms in total. The van der Waals surface area contributed by atoms with Gasteiger partial charge >= 0.3 is 6.03 Å². The monoisotopic (exact) mass is 246 g/mol. The summed E-state index contributed by atoms with van der Waals surface area (Å²) < 4.78 is 0. The van der Waals surface area contributed by atoms with Crippen LogP contribution in [0.2, 0.25) is 0 Å². The first-order valence-electron chi connectivity index (χ1n) is 6.74. The summed E-state index contributed by atoms with van der Waals surface area (Å²) in [4.78, 5) is 25.5. The molecular formula is C14H18N2O2. The number of carbonyl (C=O) groups is 2. The van der Waals surface area contributed by atoms with Crippen LogP contribution in [0.3, 0.4) is 0 Å². The van der Waals surface area contributed by atoms with Gasteiger partial charge in [0.25, 0.3) is 0 Å². The van der Waals surface area contributed by atoms with Gasteiger partial charge in [-0.25, -0.2) is 4.79 Å². The molecule has 4 heteroatoms. The first-order chi connectivity index (χ1) is 8.70. The first kappa shape index (κ1) is 11.5. The highest BCUT2D eigenvalue weighted by Crippen LogP contribution is 2.36. The zero-order chi connectivity index (χ0) is 12.7. The number of hydrogen-bond donors (Lipinski definition) is 1. The molecule has 0 radical (unpaired) electrons. The fraction of sp³-hybridized carbons (Fsp3) is 0.571. The summed E-state index contributed by atoms with van der Waals surface area (Å²) >= 11 is 0. The number of allylic oxidation sites excluding steroid dienone is 2. The lowest BCUT2D eigenvalue weighted by molar-refractivity contribution is -0.125. The SMILES string of the molecule is CCN1C(=O)NC(=O)[C@@H]2C=C3CCCCC3=C[C@@H]21. The number of nitrogens with one attached hydrogen (secondary N) is 1. The third-order valence-corrected chi connectivity index (χ3v) is 4.17. The Bertz CT molecular complexity index is 464. The summed E-state index contributed by atoms with van der Waals surface area (Å²) in [5, 5.41) is 2.45. The van der Waals surface area contributed by atoms with E-state index in [0.29, 0.717) is 6.54 Å². The number of fused-ring (bicyclic) bond motifs is 2. The lowest BCUT2D eigenvalue weighted by Crippen LogP contribution is -2.59. The van der Waals surface area contributed by atoms with E-state index in [0.717, 1.165) is 12.8 Å². The fourth-order valence-electron chi connectivity index (χ4n) is 3.22. The molecule has 0 aromatic rings. The quantitative estimate of drug-likeness (QED) is 0.769. The number of imide groups is 1. The van der Waals surface area contributed by atoms with Crippen molar-refractivity contribution >= 4 is 11.9 Å². The van der Waals surface area contributed by atoms with Crippen molar-refractivity contribution in [2.24, 2.45) is 5.92 Å². The van der Waals surface area contributed by atoms with Crippen LogP contribution in [0.15, 0.2) is 23.3 Å². The summed E-state index contributed by atoms with van der Waals surface area (Å²) in [6.45, 7) is 2.58. The third-order valence-electron chi connectivity index (χ3n) is 4.17. The van der Waals surface area contributed by atoms with Gasteiger partial charge in [-0.1, -0.05) is 12.2 Å². The predicted molar refractivity (Wildman–Crippen MR) is 67.8 cm³/mol. The van der Waals surface area contributed by atoms with E-state index in [2.05, 4.69) is 17.5 Å². The molecule has 0 aromatic heterocycles. The van der Waals surface area contributed by atoms with Gasteiger partial charge in [0, 0.05) is 6.54 Å². The van der Waals surface area contributed by atoms with Gasteiger partial charge in [0.05, 0.1) is 12.0 Å². The molecule has 3 rings (SSSR count). The Morgan fingerprint density at radius 3 is 2.56 bits per heavy atom. The first-order valence-corrected chi connectivity index (χ1v) is 6.74. The van der Waals surface area contributed by atoms with Crippen LogP contribution in [0.5, 0.6) is 0 Å². The van der Waals surface area contributed by atoms with Gasteiger partial charge < -0.3 is 4.90 Å². The highest BCUT2D eigenvalue weighted by molar-refractivity contribution is 6.00. The van der Waals surface area contributed by atoms with Gasteiger partial charge in [0.15, 0.2) is 0 Å². The summed E-state index contributed by atoms with van der Waals surface area (Å²) in [7, 11) is 0. The molecule has 0 unspecified atom stereocenters. The Morgan fingerprint density at radius 2 is 1.89 bits per heavy atom. The number of likely N-dealkylation sites (N-methyl/N-ethyl adjacent to an activating group) is 1. The van der Waals surface area contributed by atoms with Crippen LogP contribution in [0, 0.1) is 5.92 Å². The van der Waals surface area contributed by atoms with Crippen molar-refractivity contribution in [1.29, 1.82) is 0 Å². The van der Waals surface area contributed by atoms with Crippen LogP contribution < -0.4 is 5.32 Å². The zero-order valence-corrected chi connectivity index (χ0v) is 10.6. The molecule has 1 aliphatic heterocycles. The molecule has 96 valence electrons. The number of hydrogen-bond acceptors (Lipinski definition) is 2. The minimum atomic E-state index is -0.256. The Hall–Kier alpha value is -1.58. The molecule has 0 aromatic carbocycles. The van der Waals surface area contributed by atoms with E-state index in [4.69, 9.17) is 0 Å². The van der Waals surface area contributed by atoms with Crippen molar-refractivity contribution in [3.8, 4) is 0 Å². The third kappa shape index (κ3) is 1.67. The Labute approximate surface area is 107 Å². The maximum Gasteiger partial charge on any atom is 0.324 e. The summed E-state index contributed by atoms with van der Waals surface area (Å²) in [6, 6.07) is -0.332. The lowest BCUT2D eigenvalue weighted by atomic mass is 9.78. The van der Waals surface area contributed by atoms with Crippen LogP contribution in [-0.2, 0) is 4.79 Å². The second kappa shape index (κ2) is 4.26. The molecule has 1 N–H and O–H groups in total. The molecular weight excluding hydrogens is 228 g/mol. The molecule has 0 bridgehead atoms. The molecule has 2 aliphatic carbocycles. The van der Waals surface area contributed by atoms with Gasteiger partial charge in [-0.2, -0.15) is 0 Å². The maximum absolute atomic E-state index is 11.9. The Kier molecular flexibility index (Phi) is 2.73. The smallest absolute Gasteiger partial charge is 0.317 e. The molecule has 1 saturated heterocycles. The molecule has 1 heterocycles. The molecule has 0 spiro atoms. The van der Waals surface area contributed by atoms with E-state index >= 15 is 0 Å². The zero-order valence-electron chi connectivity index (χ0n) is 10.6. The molecule has 2 atom stereocenters. The van der Waals surface area contributed by atoms with Crippen LogP contribution in [0.4, 0.5) is 4.79 Å². The molecule has 3 aliphatic rings. The van der Waals surface area contributed by atoms with Crippen molar-refractivity contribution in [2.75, 3.05) is 6.54 Å². The van der Waals surface area contributed by atoms with Crippen LogP contribution in [0.1, 0.15) is 32.6 Å². The predicted octanol–water partition coefficient (Wildman–Crippen LogP) is 1.98. The van der Waals surface area contributed by atoms with Crippen molar-refractivity contribution in [3.63, 3.8) is 0 Å². The summed E-state index contributed by atoms with van der Waals surface area (Å²) in [5.41, 5.74) is 2.67. The van der Waals surface area contributed by atoms with Crippen molar-refractivity contribution in [3.05, 3.63) is 23.3 Å². The number of rotatable bonds is 1. The number of amides is 3. The number of nitrogens with zero attached hydrogens (tertiary/aromatic N) is 1. The average molecular weight is 246 g/mol. The van der Waals surface area contributed by atoms with Gasteiger partial charge in [0.1, 0.15) is 0 Å². The van der Waals surface area contributed by atoms with E-state index in [9.17, 15) is 9.59 Å². The second-order valence-corrected chi connectivity index (χ2v) is 5.19. The maximum atomic E-state index is 11.9. The van der Waals surface area contributed by atoms with Gasteiger partial charge in [-0.15, -0.1) is 0 Å². The van der Waals surface area contributed by atoms with E-state index < -0.39 is 0 Å². The topological polar surface area (TPSA) is 49.4 Å².